The summed E-state index contributed by atoms with van der Waals surface area (Å²) in [6.07, 6.45) is 39.3. The summed E-state index contributed by atoms with van der Waals surface area (Å²) in [6.45, 7) is 3.98. The Hall–Kier alpha value is -1.69. The molecule has 0 rings (SSSR count). The second kappa shape index (κ2) is 32.2. The molecular weight excluding hydrogens is 522 g/mol. The van der Waals surface area contributed by atoms with Crippen molar-refractivity contribution in [3.05, 3.63) is 48.6 Å². The molecule has 4 N–H and O–H groups in total. The van der Waals surface area contributed by atoms with Crippen LogP contribution >= 0.6 is 0 Å². The molecule has 0 aliphatic rings. The number of unbranched alkanes of at least 4 members (excludes halogenated alkanes) is 15. The molecule has 3 unspecified atom stereocenters. The highest BCUT2D eigenvalue weighted by molar-refractivity contribution is 5.76. The molecule has 0 aliphatic heterocycles. The summed E-state index contributed by atoms with van der Waals surface area (Å²) in [5.74, 6) is -0.168. The summed E-state index contributed by atoms with van der Waals surface area (Å²) in [6, 6.07) is -0.832. The molecule has 1 amide bonds. The lowest BCUT2D eigenvalue weighted by Gasteiger charge is -2.26. The normalized spacial score (nSPS) is 14.5. The number of allylic oxidation sites excluding steroid dienone is 8. The van der Waals surface area contributed by atoms with Crippen LogP contribution in [0.4, 0.5) is 0 Å². The lowest BCUT2D eigenvalue weighted by Crippen LogP contribution is -2.50. The van der Waals surface area contributed by atoms with Crippen LogP contribution in [-0.2, 0) is 4.79 Å². The summed E-state index contributed by atoms with van der Waals surface area (Å²) in [4.78, 5) is 12.3. The van der Waals surface area contributed by atoms with E-state index in [1.807, 2.05) is 0 Å². The van der Waals surface area contributed by atoms with Crippen molar-refractivity contribution in [1.29, 1.82) is 0 Å². The minimum atomic E-state index is -1.17. The van der Waals surface area contributed by atoms with Gasteiger partial charge in [-0.15, -0.1) is 0 Å². The van der Waals surface area contributed by atoms with Crippen molar-refractivity contribution < 1.29 is 20.1 Å². The lowest BCUT2D eigenvalue weighted by atomic mass is 10.0. The Morgan fingerprint density at radius 2 is 1.12 bits per heavy atom. The van der Waals surface area contributed by atoms with Crippen molar-refractivity contribution in [2.45, 2.75) is 173 Å². The van der Waals surface area contributed by atoms with Gasteiger partial charge in [0.2, 0.25) is 5.91 Å². The average Bonchev–Trinajstić information content (AvgIpc) is 2.99. The van der Waals surface area contributed by atoms with E-state index in [0.29, 0.717) is 12.8 Å². The number of hydrogen-bond acceptors (Lipinski definition) is 4. The molecule has 0 radical (unpaired) electrons. The molecule has 0 saturated heterocycles. The molecule has 0 heterocycles. The first kappa shape index (κ1) is 40.3. The molecular formula is C37H67NO4. The summed E-state index contributed by atoms with van der Waals surface area (Å²) >= 11 is 0. The van der Waals surface area contributed by atoms with Gasteiger partial charge in [-0.25, -0.2) is 0 Å². The Morgan fingerprint density at radius 1 is 0.619 bits per heavy atom. The lowest BCUT2D eigenvalue weighted by molar-refractivity contribution is -0.124. The van der Waals surface area contributed by atoms with Crippen LogP contribution in [0.2, 0.25) is 0 Å². The minimum absolute atomic E-state index is 0.168. The SMILES string of the molecule is CC/C=C/CC/C=C/CCCC(O)C(O)C(CO)NC(=O)CCCCCCCCCCCC/C=C\C=C/CCCCC. The van der Waals surface area contributed by atoms with Gasteiger partial charge >= 0.3 is 0 Å². The molecule has 0 aromatic rings. The first-order valence-corrected chi connectivity index (χ1v) is 17.4. The van der Waals surface area contributed by atoms with Crippen molar-refractivity contribution in [2.24, 2.45) is 0 Å². The van der Waals surface area contributed by atoms with E-state index in [1.54, 1.807) is 0 Å². The van der Waals surface area contributed by atoms with Crippen LogP contribution in [0.3, 0.4) is 0 Å². The average molecular weight is 590 g/mol. The predicted molar refractivity (Wildman–Crippen MR) is 181 cm³/mol. The minimum Gasteiger partial charge on any atom is -0.394 e. The Morgan fingerprint density at radius 3 is 1.69 bits per heavy atom. The van der Waals surface area contributed by atoms with Crippen LogP contribution in [0.5, 0.6) is 0 Å². The van der Waals surface area contributed by atoms with Gasteiger partial charge in [-0.3, -0.25) is 4.79 Å². The molecule has 3 atom stereocenters. The van der Waals surface area contributed by atoms with E-state index in [-0.39, 0.29) is 12.5 Å². The molecule has 0 spiro atoms. The number of carbonyl (C=O) groups is 1. The smallest absolute Gasteiger partial charge is 0.220 e. The molecule has 5 heteroatoms. The summed E-state index contributed by atoms with van der Waals surface area (Å²) < 4.78 is 0. The Balaban J connectivity index is 3.72. The maximum Gasteiger partial charge on any atom is 0.220 e. The monoisotopic (exact) mass is 590 g/mol. The second-order valence-electron chi connectivity index (χ2n) is 11.7. The van der Waals surface area contributed by atoms with Gasteiger partial charge in [0, 0.05) is 6.42 Å². The van der Waals surface area contributed by atoms with E-state index in [0.717, 1.165) is 51.4 Å². The van der Waals surface area contributed by atoms with Crippen LogP contribution in [0, 0.1) is 0 Å². The van der Waals surface area contributed by atoms with Crippen LogP contribution in [0.15, 0.2) is 48.6 Å². The standard InChI is InChI=1S/C37H67NO4/c1-3-5-7-9-11-13-14-15-16-17-18-19-20-21-22-24-26-28-30-32-36(41)38-34(33-39)37(42)35(40)31-29-27-25-23-12-10-8-6-4-2/h6,8,11,13-15,23,25,34-35,37,39-40,42H,3-5,7,9-10,12,16-22,24,26-33H2,1-2H3,(H,38,41)/b8-6+,13-11-,15-14-,25-23+. The van der Waals surface area contributed by atoms with Gasteiger partial charge < -0.3 is 20.6 Å². The molecule has 0 saturated carbocycles. The number of carbonyl (C=O) groups excluding carboxylic acids is 1. The second-order valence-corrected chi connectivity index (χ2v) is 11.7. The molecule has 0 aromatic carbocycles. The summed E-state index contributed by atoms with van der Waals surface area (Å²) in [5, 5.41) is 33.1. The fraction of sp³-hybridized carbons (Fsp3) is 0.757. The highest BCUT2D eigenvalue weighted by Gasteiger charge is 2.26. The number of hydrogen-bond donors (Lipinski definition) is 4. The molecule has 42 heavy (non-hydrogen) atoms. The Labute approximate surface area is 259 Å². The van der Waals surface area contributed by atoms with Gasteiger partial charge in [0.05, 0.1) is 18.8 Å². The zero-order valence-corrected chi connectivity index (χ0v) is 27.4. The van der Waals surface area contributed by atoms with E-state index in [1.165, 1.54) is 77.0 Å². The highest BCUT2D eigenvalue weighted by atomic mass is 16.3. The molecule has 5 nitrogen and oxygen atoms in total. The van der Waals surface area contributed by atoms with Crippen molar-refractivity contribution in [1.82, 2.24) is 5.32 Å². The number of rotatable bonds is 30. The van der Waals surface area contributed by atoms with E-state index < -0.39 is 18.2 Å². The quantitative estimate of drug-likeness (QED) is 0.0382. The largest absolute Gasteiger partial charge is 0.394 e. The molecule has 244 valence electrons. The predicted octanol–water partition coefficient (Wildman–Crippen LogP) is 9.03. The van der Waals surface area contributed by atoms with Gasteiger partial charge in [0.15, 0.2) is 0 Å². The number of aliphatic hydroxyl groups is 3. The van der Waals surface area contributed by atoms with E-state index in [4.69, 9.17) is 0 Å². The van der Waals surface area contributed by atoms with E-state index >= 15 is 0 Å². The number of aliphatic hydroxyl groups excluding tert-OH is 3. The fourth-order valence-corrected chi connectivity index (χ4v) is 4.94. The fourth-order valence-electron chi connectivity index (χ4n) is 4.94. The maximum absolute atomic E-state index is 12.3. The van der Waals surface area contributed by atoms with Crippen molar-refractivity contribution in [2.75, 3.05) is 6.61 Å². The zero-order valence-electron chi connectivity index (χ0n) is 27.4. The van der Waals surface area contributed by atoms with Crippen LogP contribution in [0.1, 0.15) is 155 Å². The van der Waals surface area contributed by atoms with Gasteiger partial charge in [0.1, 0.15) is 6.10 Å². The summed E-state index contributed by atoms with van der Waals surface area (Å²) in [5.41, 5.74) is 0. The topological polar surface area (TPSA) is 89.8 Å². The van der Waals surface area contributed by atoms with Crippen molar-refractivity contribution >= 4 is 5.91 Å². The van der Waals surface area contributed by atoms with Crippen LogP contribution in [-0.4, -0.2) is 46.1 Å². The van der Waals surface area contributed by atoms with Crippen LogP contribution < -0.4 is 5.32 Å². The van der Waals surface area contributed by atoms with Gasteiger partial charge in [-0.05, 0) is 70.6 Å². The van der Waals surface area contributed by atoms with Gasteiger partial charge in [0.25, 0.3) is 0 Å². The maximum atomic E-state index is 12.3. The zero-order chi connectivity index (χ0) is 30.9. The van der Waals surface area contributed by atoms with E-state index in [9.17, 15) is 20.1 Å². The first-order chi connectivity index (χ1) is 20.6. The third kappa shape index (κ3) is 27.2. The van der Waals surface area contributed by atoms with Gasteiger partial charge in [-0.2, -0.15) is 0 Å². The van der Waals surface area contributed by atoms with Crippen LogP contribution in [0.25, 0.3) is 0 Å². The van der Waals surface area contributed by atoms with E-state index in [2.05, 4.69) is 67.8 Å². The molecule has 0 bridgehead atoms. The third-order valence-corrected chi connectivity index (χ3v) is 7.67. The molecule has 0 aromatic heterocycles. The highest BCUT2D eigenvalue weighted by Crippen LogP contribution is 2.13. The van der Waals surface area contributed by atoms with Crippen molar-refractivity contribution in [3.8, 4) is 0 Å². The molecule has 0 fully saturated rings. The summed E-state index contributed by atoms with van der Waals surface area (Å²) in [7, 11) is 0. The third-order valence-electron chi connectivity index (χ3n) is 7.67. The van der Waals surface area contributed by atoms with Gasteiger partial charge in [-0.1, -0.05) is 127 Å². The Bertz CT molecular complexity index is 700. The molecule has 0 aliphatic carbocycles. The first-order valence-electron chi connectivity index (χ1n) is 17.4. The number of amides is 1. The Kier molecular flexibility index (Phi) is 30.9. The van der Waals surface area contributed by atoms with Crippen molar-refractivity contribution in [3.63, 3.8) is 0 Å². The number of nitrogens with one attached hydrogen (secondary N) is 1.